The molecule has 2 aromatic heterocycles. The number of hydrogen-bond acceptors (Lipinski definition) is 2. The molecule has 0 fully saturated rings. The van der Waals surface area contributed by atoms with Gasteiger partial charge in [-0.1, -0.05) is 140 Å². The third-order valence-corrected chi connectivity index (χ3v) is 12.1. The SMILES string of the molecule is C/C=C(/c1ccc(N(c2ccc(-c3ccccc3)cc2)c2ccc3cc(-c4ccc5c(c4)c4ccccc4n5-c4ccccc4)ccc3c2)cc1)c1oc2ccccc2c1C. The Labute approximate surface area is 355 Å². The quantitative estimate of drug-likeness (QED) is 0.153. The number of aryl methyl sites for hydroxylation is 1. The number of hydrogen-bond donors (Lipinski definition) is 0. The summed E-state index contributed by atoms with van der Waals surface area (Å²) >= 11 is 0. The Morgan fingerprint density at radius 1 is 0.459 bits per heavy atom. The average molecular weight is 783 g/mol. The van der Waals surface area contributed by atoms with Gasteiger partial charge in [-0.05, 0) is 131 Å². The fourth-order valence-electron chi connectivity index (χ4n) is 9.09. The van der Waals surface area contributed by atoms with Crippen LogP contribution in [0.5, 0.6) is 0 Å². The van der Waals surface area contributed by atoms with Gasteiger partial charge in [0, 0.05) is 50.0 Å². The Morgan fingerprint density at radius 3 is 1.77 bits per heavy atom. The molecule has 290 valence electrons. The molecule has 0 saturated carbocycles. The molecular formula is C58H42N2O. The Balaban J connectivity index is 0.970. The molecule has 2 heterocycles. The second-order valence-corrected chi connectivity index (χ2v) is 15.7. The lowest BCUT2D eigenvalue weighted by Gasteiger charge is -2.26. The van der Waals surface area contributed by atoms with Crippen LogP contribution in [0.1, 0.15) is 23.8 Å². The van der Waals surface area contributed by atoms with Crippen molar-refractivity contribution in [1.82, 2.24) is 4.57 Å². The highest BCUT2D eigenvalue weighted by molar-refractivity contribution is 6.10. The molecule has 11 rings (SSSR count). The van der Waals surface area contributed by atoms with E-state index >= 15 is 0 Å². The summed E-state index contributed by atoms with van der Waals surface area (Å²) in [6.07, 6.45) is 2.15. The molecule has 0 atom stereocenters. The smallest absolute Gasteiger partial charge is 0.138 e. The molecule has 61 heavy (non-hydrogen) atoms. The van der Waals surface area contributed by atoms with Crippen LogP contribution in [0.2, 0.25) is 0 Å². The average Bonchev–Trinajstić information content (AvgIpc) is 3.84. The summed E-state index contributed by atoms with van der Waals surface area (Å²) in [6.45, 7) is 4.23. The van der Waals surface area contributed by atoms with E-state index in [1.165, 1.54) is 60.5 Å². The van der Waals surface area contributed by atoms with E-state index in [0.29, 0.717) is 0 Å². The number of aromatic nitrogens is 1. The second-order valence-electron chi connectivity index (χ2n) is 15.7. The van der Waals surface area contributed by atoms with E-state index in [0.717, 1.165) is 50.5 Å². The molecule has 0 amide bonds. The van der Waals surface area contributed by atoms with Gasteiger partial charge in [-0.15, -0.1) is 0 Å². The Kier molecular flexibility index (Phi) is 8.94. The number of furan rings is 1. The first kappa shape index (κ1) is 36.2. The number of para-hydroxylation sites is 3. The third-order valence-electron chi connectivity index (χ3n) is 12.1. The van der Waals surface area contributed by atoms with Crippen molar-refractivity contribution in [3.63, 3.8) is 0 Å². The predicted molar refractivity (Wildman–Crippen MR) is 258 cm³/mol. The van der Waals surface area contributed by atoms with Gasteiger partial charge in [0.15, 0.2) is 0 Å². The number of fused-ring (bicyclic) bond motifs is 5. The van der Waals surface area contributed by atoms with Crippen molar-refractivity contribution in [2.75, 3.05) is 4.90 Å². The number of allylic oxidation sites excluding steroid dienone is 1. The molecule has 11 aromatic rings. The summed E-state index contributed by atoms with van der Waals surface area (Å²) in [5, 5.41) is 6.03. The van der Waals surface area contributed by atoms with Crippen LogP contribution in [0.25, 0.3) is 77.1 Å². The molecule has 0 radical (unpaired) electrons. The second kappa shape index (κ2) is 15.1. The van der Waals surface area contributed by atoms with Gasteiger partial charge in [0.25, 0.3) is 0 Å². The van der Waals surface area contributed by atoms with Crippen LogP contribution in [0.15, 0.2) is 223 Å². The van der Waals surface area contributed by atoms with Gasteiger partial charge in [-0.2, -0.15) is 0 Å². The lowest BCUT2D eigenvalue weighted by molar-refractivity contribution is 0.597. The molecule has 0 bridgehead atoms. The highest BCUT2D eigenvalue weighted by Crippen LogP contribution is 2.41. The fourth-order valence-corrected chi connectivity index (χ4v) is 9.09. The van der Waals surface area contributed by atoms with Crippen molar-refractivity contribution in [1.29, 1.82) is 0 Å². The lowest BCUT2D eigenvalue weighted by Crippen LogP contribution is -2.10. The van der Waals surface area contributed by atoms with E-state index in [-0.39, 0.29) is 0 Å². The molecule has 3 nitrogen and oxygen atoms in total. The van der Waals surface area contributed by atoms with Crippen LogP contribution >= 0.6 is 0 Å². The van der Waals surface area contributed by atoms with Crippen LogP contribution in [-0.2, 0) is 0 Å². The fraction of sp³-hybridized carbons (Fsp3) is 0.0345. The first-order valence-corrected chi connectivity index (χ1v) is 20.9. The van der Waals surface area contributed by atoms with Gasteiger partial charge in [0.05, 0.1) is 11.0 Å². The number of nitrogens with zero attached hydrogens (tertiary/aromatic N) is 2. The zero-order valence-corrected chi connectivity index (χ0v) is 34.1. The molecule has 0 saturated heterocycles. The molecule has 0 aliphatic carbocycles. The van der Waals surface area contributed by atoms with Gasteiger partial charge in [-0.25, -0.2) is 0 Å². The normalized spacial score (nSPS) is 11.9. The maximum absolute atomic E-state index is 6.42. The Morgan fingerprint density at radius 2 is 1.02 bits per heavy atom. The van der Waals surface area contributed by atoms with Gasteiger partial charge in [0.2, 0.25) is 0 Å². The van der Waals surface area contributed by atoms with Crippen LogP contribution < -0.4 is 4.90 Å². The van der Waals surface area contributed by atoms with E-state index in [9.17, 15) is 0 Å². The molecule has 0 aliphatic heterocycles. The van der Waals surface area contributed by atoms with Crippen LogP contribution in [-0.4, -0.2) is 4.57 Å². The summed E-state index contributed by atoms with van der Waals surface area (Å²) in [5.41, 5.74) is 15.9. The maximum atomic E-state index is 6.42. The minimum absolute atomic E-state index is 0.910. The number of rotatable bonds is 8. The topological polar surface area (TPSA) is 21.3 Å². The zero-order valence-electron chi connectivity index (χ0n) is 34.1. The molecule has 0 spiro atoms. The first-order chi connectivity index (χ1) is 30.1. The zero-order chi connectivity index (χ0) is 40.9. The van der Waals surface area contributed by atoms with Crippen molar-refractivity contribution < 1.29 is 4.42 Å². The predicted octanol–water partition coefficient (Wildman–Crippen LogP) is 16.2. The van der Waals surface area contributed by atoms with Crippen molar-refractivity contribution in [3.05, 3.63) is 235 Å². The molecule has 3 heteroatoms. The lowest BCUT2D eigenvalue weighted by atomic mass is 9.98. The van der Waals surface area contributed by atoms with Gasteiger partial charge >= 0.3 is 0 Å². The summed E-state index contributed by atoms with van der Waals surface area (Å²) in [7, 11) is 0. The minimum Gasteiger partial charge on any atom is -0.456 e. The maximum Gasteiger partial charge on any atom is 0.138 e. The van der Waals surface area contributed by atoms with Crippen molar-refractivity contribution >= 4 is 66.2 Å². The largest absolute Gasteiger partial charge is 0.456 e. The Hall–Kier alpha value is -7.88. The highest BCUT2D eigenvalue weighted by atomic mass is 16.3. The molecule has 0 unspecified atom stereocenters. The minimum atomic E-state index is 0.910. The number of anilines is 3. The van der Waals surface area contributed by atoms with E-state index in [2.05, 4.69) is 230 Å². The standard InChI is InChI=1S/C58H42N2O/c1-3-51(58-39(2)52-18-11-13-21-57(52)61-58)42-26-32-49(33-27-42)59(48-30-24-41(25-31-48)40-14-6-4-7-15-40)50-34-28-44-36-43(22-23-45(44)37-50)46-29-35-56-54(38-46)53-19-10-12-20-55(53)60(56)47-16-8-5-9-17-47/h3-38H,1-2H3/b51-3-. The third kappa shape index (κ3) is 6.39. The van der Waals surface area contributed by atoms with Gasteiger partial charge in [0.1, 0.15) is 11.3 Å². The van der Waals surface area contributed by atoms with Gasteiger partial charge in [-0.3, -0.25) is 0 Å². The van der Waals surface area contributed by atoms with Gasteiger partial charge < -0.3 is 13.9 Å². The first-order valence-electron chi connectivity index (χ1n) is 20.9. The van der Waals surface area contributed by atoms with E-state index in [1.54, 1.807) is 0 Å². The van der Waals surface area contributed by atoms with Crippen molar-refractivity contribution in [3.8, 4) is 27.9 Å². The molecule has 0 aliphatic rings. The summed E-state index contributed by atoms with van der Waals surface area (Å²) in [5.74, 6) is 0.914. The van der Waals surface area contributed by atoms with E-state index in [1.807, 2.05) is 12.1 Å². The van der Waals surface area contributed by atoms with Crippen molar-refractivity contribution in [2.24, 2.45) is 0 Å². The van der Waals surface area contributed by atoms with Crippen LogP contribution in [0.3, 0.4) is 0 Å². The number of benzene rings is 9. The summed E-state index contributed by atoms with van der Waals surface area (Å²) in [6, 6.07) is 76.5. The molecule has 0 N–H and O–H groups in total. The van der Waals surface area contributed by atoms with E-state index in [4.69, 9.17) is 4.42 Å². The van der Waals surface area contributed by atoms with Crippen molar-refractivity contribution in [2.45, 2.75) is 13.8 Å². The summed E-state index contributed by atoms with van der Waals surface area (Å²) in [4.78, 5) is 2.35. The highest BCUT2D eigenvalue weighted by Gasteiger charge is 2.19. The van der Waals surface area contributed by atoms with Crippen LogP contribution in [0, 0.1) is 6.92 Å². The summed E-state index contributed by atoms with van der Waals surface area (Å²) < 4.78 is 8.79. The van der Waals surface area contributed by atoms with E-state index < -0.39 is 0 Å². The Bertz CT molecular complexity index is 3410. The monoisotopic (exact) mass is 782 g/mol. The molecule has 9 aromatic carbocycles. The molecular weight excluding hydrogens is 741 g/mol. The van der Waals surface area contributed by atoms with Crippen LogP contribution in [0.4, 0.5) is 17.1 Å².